The standard InChI is InChI=1S/C17H17FN2O/c1-12(2)17(20-19)15-9-8-14(18)10-16(15)21-11-13-6-4-3-5-7-13/h3-10,19H,11H2,1-2H3. The third-order valence-corrected chi connectivity index (χ3v) is 3.02. The maximum atomic E-state index is 13.5. The first kappa shape index (κ1) is 14.9. The van der Waals surface area contributed by atoms with Gasteiger partial charge in [-0.15, -0.1) is 0 Å². The summed E-state index contributed by atoms with van der Waals surface area (Å²) in [6.45, 7) is 4.06. The highest BCUT2D eigenvalue weighted by Crippen LogP contribution is 2.30. The lowest BCUT2D eigenvalue weighted by Crippen LogP contribution is -1.99. The van der Waals surface area contributed by atoms with Crippen molar-refractivity contribution in [2.75, 3.05) is 0 Å². The molecule has 0 bridgehead atoms. The zero-order valence-electron chi connectivity index (χ0n) is 12.1. The van der Waals surface area contributed by atoms with Crippen molar-refractivity contribution in [3.8, 4) is 5.75 Å². The summed E-state index contributed by atoms with van der Waals surface area (Å²) in [7, 11) is 0. The van der Waals surface area contributed by atoms with E-state index in [-0.39, 0.29) is 5.82 Å². The number of benzene rings is 2. The van der Waals surface area contributed by atoms with Gasteiger partial charge in [-0.05, 0) is 37.1 Å². The molecular formula is C17H17FN2O. The van der Waals surface area contributed by atoms with Crippen LogP contribution in [0.3, 0.4) is 0 Å². The molecule has 0 fully saturated rings. The molecule has 0 heterocycles. The summed E-state index contributed by atoms with van der Waals surface area (Å²) < 4.78 is 19.2. The zero-order valence-corrected chi connectivity index (χ0v) is 12.1. The predicted octanol–water partition coefficient (Wildman–Crippen LogP) is 5.19. The number of nitrogens with one attached hydrogen (secondary N) is 1. The molecule has 0 saturated carbocycles. The number of hydrogen-bond acceptors (Lipinski definition) is 3. The number of ether oxygens (including phenoxy) is 1. The van der Waals surface area contributed by atoms with Gasteiger partial charge in [0.15, 0.2) is 0 Å². The number of halogens is 1. The first-order chi connectivity index (χ1) is 10.1. The van der Waals surface area contributed by atoms with Crippen LogP contribution in [0, 0.1) is 11.3 Å². The van der Waals surface area contributed by atoms with Crippen LogP contribution in [0.5, 0.6) is 5.75 Å². The minimum absolute atomic E-state index is 0.339. The molecule has 0 spiro atoms. The second-order valence-electron chi connectivity index (χ2n) is 4.88. The Morgan fingerprint density at radius 1 is 1.14 bits per heavy atom. The van der Waals surface area contributed by atoms with Crippen molar-refractivity contribution in [1.82, 2.24) is 0 Å². The molecule has 0 amide bonds. The first-order valence-electron chi connectivity index (χ1n) is 6.63. The van der Waals surface area contributed by atoms with Crippen molar-refractivity contribution in [3.63, 3.8) is 0 Å². The smallest absolute Gasteiger partial charge is 0.132 e. The van der Waals surface area contributed by atoms with Crippen LogP contribution in [-0.2, 0) is 6.61 Å². The zero-order chi connectivity index (χ0) is 15.2. The highest BCUT2D eigenvalue weighted by atomic mass is 19.1. The molecule has 108 valence electrons. The summed E-state index contributed by atoms with van der Waals surface area (Å²) in [5.41, 5.74) is 10.3. The summed E-state index contributed by atoms with van der Waals surface area (Å²) in [6, 6.07) is 13.9. The Kier molecular flexibility index (Phi) is 4.82. The molecule has 0 aliphatic heterocycles. The van der Waals surface area contributed by atoms with Crippen LogP contribution >= 0.6 is 0 Å². The molecule has 0 aliphatic carbocycles. The number of hydrogen-bond donors (Lipinski definition) is 1. The maximum absolute atomic E-state index is 13.5. The molecule has 3 nitrogen and oxygen atoms in total. The van der Waals surface area contributed by atoms with Crippen LogP contribution in [0.2, 0.25) is 0 Å². The summed E-state index contributed by atoms with van der Waals surface area (Å²) in [5.74, 6) is 0.0194. The third-order valence-electron chi connectivity index (χ3n) is 3.02. The summed E-state index contributed by atoms with van der Waals surface area (Å²) in [5, 5.41) is 3.53. The molecule has 21 heavy (non-hydrogen) atoms. The molecule has 2 aromatic carbocycles. The van der Waals surface area contributed by atoms with Crippen molar-refractivity contribution in [3.05, 3.63) is 71.0 Å². The van der Waals surface area contributed by atoms with E-state index in [0.29, 0.717) is 23.6 Å². The molecule has 0 atom stereocenters. The van der Waals surface area contributed by atoms with Gasteiger partial charge in [0.1, 0.15) is 18.2 Å². The van der Waals surface area contributed by atoms with Crippen LogP contribution in [0.25, 0.3) is 5.70 Å². The molecule has 2 aromatic rings. The van der Waals surface area contributed by atoms with Crippen molar-refractivity contribution >= 4 is 5.70 Å². The van der Waals surface area contributed by atoms with E-state index in [9.17, 15) is 4.39 Å². The minimum atomic E-state index is -0.375. The van der Waals surface area contributed by atoms with Gasteiger partial charge in [0.05, 0.1) is 5.70 Å². The molecule has 2 rings (SSSR count). The van der Waals surface area contributed by atoms with Gasteiger partial charge in [-0.3, -0.25) is 0 Å². The van der Waals surface area contributed by atoms with Crippen molar-refractivity contribution in [2.24, 2.45) is 5.11 Å². The fraction of sp³-hybridized carbons (Fsp3) is 0.176. The van der Waals surface area contributed by atoms with E-state index in [1.54, 1.807) is 6.07 Å². The predicted molar refractivity (Wildman–Crippen MR) is 80.6 cm³/mol. The van der Waals surface area contributed by atoms with Gasteiger partial charge in [-0.2, -0.15) is 5.11 Å². The van der Waals surface area contributed by atoms with Crippen LogP contribution < -0.4 is 4.74 Å². The highest BCUT2D eigenvalue weighted by molar-refractivity contribution is 5.71. The topological polar surface area (TPSA) is 45.4 Å². The largest absolute Gasteiger partial charge is 0.488 e. The van der Waals surface area contributed by atoms with Crippen LogP contribution in [0.4, 0.5) is 4.39 Å². The van der Waals surface area contributed by atoms with E-state index in [1.807, 2.05) is 44.2 Å². The third kappa shape index (κ3) is 3.75. The SMILES string of the molecule is CC(C)=C(N=N)c1ccc(F)cc1OCc1ccccc1. The molecule has 0 radical (unpaired) electrons. The molecule has 0 aliphatic rings. The van der Waals surface area contributed by atoms with Gasteiger partial charge in [0.2, 0.25) is 0 Å². The summed E-state index contributed by atoms with van der Waals surface area (Å²) >= 11 is 0. The summed E-state index contributed by atoms with van der Waals surface area (Å²) in [4.78, 5) is 0. The van der Waals surface area contributed by atoms with E-state index in [2.05, 4.69) is 5.11 Å². The Balaban J connectivity index is 2.32. The molecule has 4 heteroatoms. The van der Waals surface area contributed by atoms with Gasteiger partial charge in [-0.25, -0.2) is 9.92 Å². The number of rotatable bonds is 5. The van der Waals surface area contributed by atoms with Crippen molar-refractivity contribution < 1.29 is 9.13 Å². The Labute approximate surface area is 123 Å². The van der Waals surface area contributed by atoms with E-state index in [0.717, 1.165) is 11.1 Å². The number of nitrogens with zero attached hydrogens (tertiary/aromatic N) is 1. The Morgan fingerprint density at radius 3 is 2.48 bits per heavy atom. The normalized spacial score (nSPS) is 10.0. The van der Waals surface area contributed by atoms with Gasteiger partial charge < -0.3 is 4.74 Å². The fourth-order valence-electron chi connectivity index (χ4n) is 1.99. The minimum Gasteiger partial charge on any atom is -0.488 e. The lowest BCUT2D eigenvalue weighted by atomic mass is 10.1. The average Bonchev–Trinajstić information content (AvgIpc) is 2.48. The van der Waals surface area contributed by atoms with Crippen LogP contribution in [-0.4, -0.2) is 0 Å². The van der Waals surface area contributed by atoms with Crippen LogP contribution in [0.1, 0.15) is 25.0 Å². The Morgan fingerprint density at radius 2 is 1.86 bits per heavy atom. The lowest BCUT2D eigenvalue weighted by Gasteiger charge is -2.12. The fourth-order valence-corrected chi connectivity index (χ4v) is 1.99. The lowest BCUT2D eigenvalue weighted by molar-refractivity contribution is 0.303. The Bertz CT molecular complexity index is 662. The van der Waals surface area contributed by atoms with Gasteiger partial charge in [0.25, 0.3) is 0 Å². The average molecular weight is 284 g/mol. The number of allylic oxidation sites excluding steroid dienone is 1. The quantitative estimate of drug-likeness (QED) is 0.755. The molecular weight excluding hydrogens is 267 g/mol. The highest BCUT2D eigenvalue weighted by Gasteiger charge is 2.11. The monoisotopic (exact) mass is 284 g/mol. The Hall–Kier alpha value is -2.49. The molecule has 0 unspecified atom stereocenters. The maximum Gasteiger partial charge on any atom is 0.132 e. The molecule has 1 N–H and O–H groups in total. The second-order valence-corrected chi connectivity index (χ2v) is 4.88. The summed E-state index contributed by atoms with van der Waals surface area (Å²) in [6.07, 6.45) is 0. The van der Waals surface area contributed by atoms with E-state index in [4.69, 9.17) is 10.3 Å². The van der Waals surface area contributed by atoms with Crippen molar-refractivity contribution in [1.29, 1.82) is 5.53 Å². The van der Waals surface area contributed by atoms with E-state index >= 15 is 0 Å². The van der Waals surface area contributed by atoms with Crippen molar-refractivity contribution in [2.45, 2.75) is 20.5 Å². The van der Waals surface area contributed by atoms with E-state index in [1.165, 1.54) is 12.1 Å². The molecule has 0 aromatic heterocycles. The van der Waals surface area contributed by atoms with Gasteiger partial charge in [0, 0.05) is 11.6 Å². The first-order valence-corrected chi connectivity index (χ1v) is 6.63. The molecule has 0 saturated heterocycles. The second kappa shape index (κ2) is 6.79. The van der Waals surface area contributed by atoms with Crippen LogP contribution in [0.15, 0.2) is 59.2 Å². The van der Waals surface area contributed by atoms with Gasteiger partial charge in [-0.1, -0.05) is 30.3 Å². The van der Waals surface area contributed by atoms with E-state index < -0.39 is 0 Å². The van der Waals surface area contributed by atoms with Gasteiger partial charge >= 0.3 is 0 Å².